The standard InChI is InChI=1S/C13H21NO2/c1-7-13(3,4)8-12(16)11(10(2)15)9-14(5)6/h7,9H,1,8H2,2-6H3/b11-9-. The van der Waals surface area contributed by atoms with Gasteiger partial charge in [0.2, 0.25) is 0 Å². The quantitative estimate of drug-likeness (QED) is 0.300. The summed E-state index contributed by atoms with van der Waals surface area (Å²) >= 11 is 0. The lowest BCUT2D eigenvalue weighted by atomic mass is 9.85. The van der Waals surface area contributed by atoms with E-state index in [4.69, 9.17) is 0 Å². The van der Waals surface area contributed by atoms with E-state index in [0.29, 0.717) is 6.42 Å². The average molecular weight is 223 g/mol. The number of hydrogen-bond acceptors (Lipinski definition) is 3. The van der Waals surface area contributed by atoms with Gasteiger partial charge in [0.25, 0.3) is 0 Å². The Morgan fingerprint density at radius 1 is 1.31 bits per heavy atom. The van der Waals surface area contributed by atoms with Gasteiger partial charge in [-0.2, -0.15) is 0 Å². The van der Waals surface area contributed by atoms with E-state index in [1.165, 1.54) is 6.92 Å². The van der Waals surface area contributed by atoms with E-state index < -0.39 is 0 Å². The molecule has 16 heavy (non-hydrogen) atoms. The molecule has 3 nitrogen and oxygen atoms in total. The lowest BCUT2D eigenvalue weighted by Crippen LogP contribution is -2.20. The molecule has 0 unspecified atom stereocenters. The van der Waals surface area contributed by atoms with Crippen LogP contribution in [0, 0.1) is 5.41 Å². The molecule has 0 spiro atoms. The number of carbonyl (C=O) groups is 2. The summed E-state index contributed by atoms with van der Waals surface area (Å²) in [6.45, 7) is 8.94. The molecular weight excluding hydrogens is 202 g/mol. The van der Waals surface area contributed by atoms with Crippen LogP contribution in [0.3, 0.4) is 0 Å². The topological polar surface area (TPSA) is 37.4 Å². The predicted molar refractivity (Wildman–Crippen MR) is 66.1 cm³/mol. The van der Waals surface area contributed by atoms with Crippen molar-refractivity contribution in [1.82, 2.24) is 4.90 Å². The molecule has 0 rings (SSSR count). The van der Waals surface area contributed by atoms with Crippen LogP contribution in [0.15, 0.2) is 24.4 Å². The van der Waals surface area contributed by atoms with Gasteiger partial charge in [-0.05, 0) is 12.3 Å². The van der Waals surface area contributed by atoms with Crippen molar-refractivity contribution in [2.75, 3.05) is 14.1 Å². The third-order valence-corrected chi connectivity index (χ3v) is 2.24. The summed E-state index contributed by atoms with van der Waals surface area (Å²) in [5, 5.41) is 0. The van der Waals surface area contributed by atoms with Crippen LogP contribution in [-0.4, -0.2) is 30.6 Å². The van der Waals surface area contributed by atoms with Gasteiger partial charge in [-0.3, -0.25) is 9.59 Å². The summed E-state index contributed by atoms with van der Waals surface area (Å²) in [5.41, 5.74) is -0.0299. The van der Waals surface area contributed by atoms with E-state index in [2.05, 4.69) is 6.58 Å². The molecule has 0 aliphatic heterocycles. The average Bonchev–Trinajstić information content (AvgIpc) is 2.12. The SMILES string of the molecule is C=CC(C)(C)CC(=O)/C(=C\N(C)C)C(C)=O. The largest absolute Gasteiger partial charge is 0.383 e. The van der Waals surface area contributed by atoms with Crippen LogP contribution in [0.5, 0.6) is 0 Å². The summed E-state index contributed by atoms with van der Waals surface area (Å²) in [5.74, 6) is -0.329. The summed E-state index contributed by atoms with van der Waals surface area (Å²) in [7, 11) is 3.57. The van der Waals surface area contributed by atoms with Gasteiger partial charge in [-0.25, -0.2) is 0 Å². The van der Waals surface area contributed by atoms with Crippen LogP contribution >= 0.6 is 0 Å². The van der Waals surface area contributed by atoms with Crippen molar-refractivity contribution >= 4 is 11.6 Å². The zero-order chi connectivity index (χ0) is 12.9. The molecule has 0 atom stereocenters. The second kappa shape index (κ2) is 5.64. The van der Waals surface area contributed by atoms with Gasteiger partial charge < -0.3 is 4.90 Å². The minimum Gasteiger partial charge on any atom is -0.383 e. The highest BCUT2D eigenvalue weighted by molar-refractivity contribution is 6.19. The number of ketones is 2. The van der Waals surface area contributed by atoms with Crippen LogP contribution in [-0.2, 0) is 9.59 Å². The molecule has 3 heteroatoms. The molecule has 90 valence electrons. The first-order chi connectivity index (χ1) is 7.19. The zero-order valence-corrected chi connectivity index (χ0v) is 10.8. The molecule has 0 bridgehead atoms. The number of hydrogen-bond donors (Lipinski definition) is 0. The Morgan fingerprint density at radius 2 is 1.81 bits per heavy atom. The highest BCUT2D eigenvalue weighted by atomic mass is 16.1. The molecular formula is C13H21NO2. The summed E-state index contributed by atoms with van der Waals surface area (Å²) in [6, 6.07) is 0. The fourth-order valence-corrected chi connectivity index (χ4v) is 1.20. The Hall–Kier alpha value is -1.38. The molecule has 0 aliphatic carbocycles. The van der Waals surface area contributed by atoms with Crippen LogP contribution in [0.1, 0.15) is 27.2 Å². The van der Waals surface area contributed by atoms with Crippen molar-refractivity contribution < 1.29 is 9.59 Å². The molecule has 0 radical (unpaired) electrons. The summed E-state index contributed by atoms with van der Waals surface area (Å²) < 4.78 is 0. The van der Waals surface area contributed by atoms with Gasteiger partial charge in [0.05, 0.1) is 5.57 Å². The first-order valence-corrected chi connectivity index (χ1v) is 5.25. The smallest absolute Gasteiger partial charge is 0.168 e. The van der Waals surface area contributed by atoms with Gasteiger partial charge in [-0.15, -0.1) is 6.58 Å². The molecule has 0 N–H and O–H groups in total. The second-order valence-electron chi connectivity index (χ2n) is 4.86. The van der Waals surface area contributed by atoms with Gasteiger partial charge in [-0.1, -0.05) is 19.9 Å². The molecule has 0 aromatic carbocycles. The Labute approximate surface area is 97.8 Å². The number of Topliss-reactive ketones (excluding diaryl/α,β-unsaturated/α-hetero) is 2. The summed E-state index contributed by atoms with van der Waals surface area (Å²) in [6.07, 6.45) is 3.61. The normalized spacial score (nSPS) is 12.2. The number of nitrogens with zero attached hydrogens (tertiary/aromatic N) is 1. The maximum atomic E-state index is 11.9. The highest BCUT2D eigenvalue weighted by Gasteiger charge is 2.22. The van der Waals surface area contributed by atoms with Gasteiger partial charge in [0.15, 0.2) is 11.6 Å². The van der Waals surface area contributed by atoms with Crippen molar-refractivity contribution in [2.24, 2.45) is 5.41 Å². The molecule has 0 aromatic rings. The Kier molecular flexibility index (Phi) is 5.15. The minimum atomic E-state index is -0.280. The third-order valence-electron chi connectivity index (χ3n) is 2.24. The second-order valence-corrected chi connectivity index (χ2v) is 4.86. The Morgan fingerprint density at radius 3 is 2.12 bits per heavy atom. The predicted octanol–water partition coefficient (Wildman–Crippen LogP) is 2.19. The van der Waals surface area contributed by atoms with Gasteiger partial charge in [0.1, 0.15) is 0 Å². The molecule has 0 amide bonds. The molecule has 0 heterocycles. The van der Waals surface area contributed by atoms with Crippen molar-refractivity contribution in [3.05, 3.63) is 24.4 Å². The fourth-order valence-electron chi connectivity index (χ4n) is 1.20. The zero-order valence-electron chi connectivity index (χ0n) is 10.8. The lowest BCUT2D eigenvalue weighted by Gasteiger charge is -2.19. The van der Waals surface area contributed by atoms with Crippen LogP contribution < -0.4 is 0 Å². The number of allylic oxidation sites excluding steroid dienone is 2. The lowest BCUT2D eigenvalue weighted by molar-refractivity contribution is -0.121. The molecule has 0 saturated heterocycles. The monoisotopic (exact) mass is 223 g/mol. The van der Waals surface area contributed by atoms with Crippen molar-refractivity contribution in [2.45, 2.75) is 27.2 Å². The third kappa shape index (κ3) is 4.91. The van der Waals surface area contributed by atoms with Crippen LogP contribution in [0.4, 0.5) is 0 Å². The van der Waals surface area contributed by atoms with Crippen LogP contribution in [0.2, 0.25) is 0 Å². The van der Waals surface area contributed by atoms with Crippen molar-refractivity contribution in [3.63, 3.8) is 0 Å². The first-order valence-electron chi connectivity index (χ1n) is 5.25. The Balaban J connectivity index is 4.92. The van der Waals surface area contributed by atoms with E-state index in [0.717, 1.165) is 0 Å². The van der Waals surface area contributed by atoms with Crippen molar-refractivity contribution in [3.8, 4) is 0 Å². The number of rotatable bonds is 6. The molecule has 0 saturated carbocycles. The van der Waals surface area contributed by atoms with E-state index >= 15 is 0 Å². The Bertz CT molecular complexity index is 325. The van der Waals surface area contributed by atoms with E-state index in [9.17, 15) is 9.59 Å². The highest BCUT2D eigenvalue weighted by Crippen LogP contribution is 2.23. The van der Waals surface area contributed by atoms with E-state index in [-0.39, 0.29) is 22.6 Å². The van der Waals surface area contributed by atoms with Gasteiger partial charge in [0, 0.05) is 26.7 Å². The molecule has 0 aliphatic rings. The maximum Gasteiger partial charge on any atom is 0.168 e. The van der Waals surface area contributed by atoms with E-state index in [1.54, 1.807) is 31.3 Å². The van der Waals surface area contributed by atoms with E-state index in [1.807, 2.05) is 13.8 Å². The molecule has 0 aromatic heterocycles. The van der Waals surface area contributed by atoms with Crippen molar-refractivity contribution in [1.29, 1.82) is 0 Å². The maximum absolute atomic E-state index is 11.9. The molecule has 0 fully saturated rings. The first kappa shape index (κ1) is 14.6. The fraction of sp³-hybridized carbons (Fsp3) is 0.538. The van der Waals surface area contributed by atoms with Gasteiger partial charge >= 0.3 is 0 Å². The number of carbonyl (C=O) groups excluding carboxylic acids is 2. The van der Waals surface area contributed by atoms with Crippen LogP contribution in [0.25, 0.3) is 0 Å². The summed E-state index contributed by atoms with van der Waals surface area (Å²) in [4.78, 5) is 25.0. The minimum absolute atomic E-state index is 0.133.